The Bertz CT molecular complexity index is 405. The second-order valence-corrected chi connectivity index (χ2v) is 4.54. The van der Waals surface area contributed by atoms with Gasteiger partial charge >= 0.3 is 5.97 Å². The van der Waals surface area contributed by atoms with Gasteiger partial charge in [0.25, 0.3) is 5.91 Å². The van der Waals surface area contributed by atoms with Crippen molar-refractivity contribution in [1.82, 2.24) is 15.5 Å². The quantitative estimate of drug-likeness (QED) is 0.695. The molecule has 0 aliphatic carbocycles. The molecule has 0 saturated heterocycles. The molecule has 1 amide bonds. The minimum Gasteiger partial charge on any atom is -0.480 e. The highest BCUT2D eigenvalue weighted by molar-refractivity contribution is 7.98. The molecule has 0 aliphatic heterocycles. The van der Waals surface area contributed by atoms with Gasteiger partial charge in [-0.1, -0.05) is 0 Å². The third-order valence-corrected chi connectivity index (χ3v) is 2.93. The van der Waals surface area contributed by atoms with Crippen LogP contribution in [0.1, 0.15) is 22.5 Å². The lowest BCUT2D eigenvalue weighted by Gasteiger charge is -2.13. The molecule has 1 heterocycles. The molecule has 1 rings (SSSR count). The highest BCUT2D eigenvalue weighted by Gasteiger charge is 2.21. The number of carbonyl (C=O) groups excluding carboxylic acids is 1. The lowest BCUT2D eigenvalue weighted by atomic mass is 10.2. The zero-order valence-electron chi connectivity index (χ0n) is 9.69. The summed E-state index contributed by atoms with van der Waals surface area (Å²) in [5, 5.41) is 17.8. The Morgan fingerprint density at radius 1 is 1.65 bits per heavy atom. The standard InChI is InChI=1S/C10H15N3O3S/c1-6-7(5-11-13-6)9(14)12-8(10(15)16)3-4-17-2/h5,8H,3-4H2,1-2H3,(H,11,13)(H,12,14)(H,15,16)/t8-/m0/s1. The van der Waals surface area contributed by atoms with E-state index in [1.165, 1.54) is 6.20 Å². The van der Waals surface area contributed by atoms with Crippen LogP contribution in [0.5, 0.6) is 0 Å². The number of nitrogens with one attached hydrogen (secondary N) is 2. The van der Waals surface area contributed by atoms with Gasteiger partial charge in [0, 0.05) is 5.69 Å². The number of hydrogen-bond acceptors (Lipinski definition) is 4. The van der Waals surface area contributed by atoms with Crippen LogP contribution >= 0.6 is 11.8 Å². The smallest absolute Gasteiger partial charge is 0.326 e. The number of hydrogen-bond donors (Lipinski definition) is 3. The first-order valence-corrected chi connectivity index (χ1v) is 6.48. The van der Waals surface area contributed by atoms with Crippen LogP contribution in [-0.4, -0.2) is 45.2 Å². The molecule has 1 aromatic heterocycles. The first-order chi connectivity index (χ1) is 8.06. The zero-order valence-corrected chi connectivity index (χ0v) is 10.5. The normalized spacial score (nSPS) is 12.1. The molecule has 94 valence electrons. The number of aromatic nitrogens is 2. The van der Waals surface area contributed by atoms with Crippen LogP contribution in [0, 0.1) is 6.92 Å². The minimum atomic E-state index is -1.02. The molecule has 17 heavy (non-hydrogen) atoms. The van der Waals surface area contributed by atoms with E-state index in [-0.39, 0.29) is 0 Å². The molecule has 0 radical (unpaired) electrons. The van der Waals surface area contributed by atoms with Crippen molar-refractivity contribution >= 4 is 23.6 Å². The van der Waals surface area contributed by atoms with E-state index in [1.807, 2.05) is 6.26 Å². The lowest BCUT2D eigenvalue weighted by Crippen LogP contribution is -2.41. The predicted molar refractivity (Wildman–Crippen MR) is 65.2 cm³/mol. The topological polar surface area (TPSA) is 95.1 Å². The van der Waals surface area contributed by atoms with Crippen molar-refractivity contribution in [3.8, 4) is 0 Å². The van der Waals surface area contributed by atoms with Crippen molar-refractivity contribution in [3.63, 3.8) is 0 Å². The number of carboxylic acids is 1. The van der Waals surface area contributed by atoms with Gasteiger partial charge in [-0.3, -0.25) is 9.89 Å². The van der Waals surface area contributed by atoms with Gasteiger partial charge in [0.15, 0.2) is 0 Å². The Labute approximate surface area is 103 Å². The molecular formula is C10H15N3O3S. The van der Waals surface area contributed by atoms with Crippen molar-refractivity contribution in [3.05, 3.63) is 17.5 Å². The monoisotopic (exact) mass is 257 g/mol. The van der Waals surface area contributed by atoms with Gasteiger partial charge in [-0.05, 0) is 25.4 Å². The number of carboxylic acid groups (broad SMARTS) is 1. The van der Waals surface area contributed by atoms with Crippen molar-refractivity contribution in [1.29, 1.82) is 0 Å². The number of aryl methyl sites for hydroxylation is 1. The number of aromatic amines is 1. The SMILES string of the molecule is CSCC[C@H](NC(=O)c1cn[nH]c1C)C(=O)O. The van der Waals surface area contributed by atoms with E-state index in [0.717, 1.165) is 0 Å². The molecule has 1 aromatic rings. The summed E-state index contributed by atoms with van der Waals surface area (Å²) >= 11 is 1.54. The van der Waals surface area contributed by atoms with Gasteiger partial charge in [-0.25, -0.2) is 4.79 Å². The molecule has 6 nitrogen and oxygen atoms in total. The number of aliphatic carboxylic acids is 1. The van der Waals surface area contributed by atoms with E-state index in [4.69, 9.17) is 5.11 Å². The summed E-state index contributed by atoms with van der Waals surface area (Å²) in [4.78, 5) is 22.7. The third kappa shape index (κ3) is 3.77. The van der Waals surface area contributed by atoms with Crippen LogP contribution in [-0.2, 0) is 4.79 Å². The van der Waals surface area contributed by atoms with Gasteiger partial charge in [-0.15, -0.1) is 0 Å². The summed E-state index contributed by atoms with van der Waals surface area (Å²) < 4.78 is 0. The number of thioether (sulfide) groups is 1. The Hall–Kier alpha value is -1.50. The highest BCUT2D eigenvalue weighted by atomic mass is 32.2. The predicted octanol–water partition coefficient (Wildman–Crippen LogP) is 0.654. The largest absolute Gasteiger partial charge is 0.480 e. The van der Waals surface area contributed by atoms with Gasteiger partial charge in [-0.2, -0.15) is 16.9 Å². The zero-order chi connectivity index (χ0) is 12.8. The van der Waals surface area contributed by atoms with Crippen LogP contribution in [0.25, 0.3) is 0 Å². The molecule has 0 bridgehead atoms. The van der Waals surface area contributed by atoms with E-state index in [2.05, 4.69) is 15.5 Å². The number of rotatable bonds is 6. The summed E-state index contributed by atoms with van der Waals surface area (Å²) in [6, 6.07) is -0.857. The second-order valence-electron chi connectivity index (χ2n) is 3.55. The third-order valence-electron chi connectivity index (χ3n) is 2.29. The highest BCUT2D eigenvalue weighted by Crippen LogP contribution is 2.05. The molecule has 1 atom stereocenters. The maximum atomic E-state index is 11.8. The second kappa shape index (κ2) is 6.29. The summed E-state index contributed by atoms with van der Waals surface area (Å²) in [6.07, 6.45) is 3.68. The molecule has 0 aliphatic rings. The summed E-state index contributed by atoms with van der Waals surface area (Å²) in [5.41, 5.74) is 0.997. The van der Waals surface area contributed by atoms with Crippen LogP contribution in [0.4, 0.5) is 0 Å². The Morgan fingerprint density at radius 3 is 2.82 bits per heavy atom. The Kier molecular flexibility index (Phi) is 5.02. The molecular weight excluding hydrogens is 242 g/mol. The van der Waals surface area contributed by atoms with E-state index < -0.39 is 17.9 Å². The van der Waals surface area contributed by atoms with Crippen molar-refractivity contribution in [2.45, 2.75) is 19.4 Å². The molecule has 0 spiro atoms. The Morgan fingerprint density at radius 2 is 2.35 bits per heavy atom. The summed E-state index contributed by atoms with van der Waals surface area (Å²) in [7, 11) is 0. The average Bonchev–Trinajstić information content (AvgIpc) is 2.70. The number of amides is 1. The van der Waals surface area contributed by atoms with E-state index in [1.54, 1.807) is 18.7 Å². The van der Waals surface area contributed by atoms with Crippen LogP contribution in [0.2, 0.25) is 0 Å². The van der Waals surface area contributed by atoms with Crippen molar-refractivity contribution < 1.29 is 14.7 Å². The van der Waals surface area contributed by atoms with Crippen molar-refractivity contribution in [2.75, 3.05) is 12.0 Å². The van der Waals surface area contributed by atoms with Gasteiger partial charge < -0.3 is 10.4 Å². The minimum absolute atomic E-state index is 0.375. The number of carbonyl (C=O) groups is 2. The van der Waals surface area contributed by atoms with E-state index in [0.29, 0.717) is 23.4 Å². The van der Waals surface area contributed by atoms with E-state index in [9.17, 15) is 9.59 Å². The van der Waals surface area contributed by atoms with Crippen LogP contribution < -0.4 is 5.32 Å². The molecule has 0 unspecified atom stereocenters. The van der Waals surface area contributed by atoms with E-state index >= 15 is 0 Å². The van der Waals surface area contributed by atoms with Crippen molar-refractivity contribution in [2.24, 2.45) is 0 Å². The van der Waals surface area contributed by atoms with Gasteiger partial charge in [0.2, 0.25) is 0 Å². The fourth-order valence-electron chi connectivity index (χ4n) is 1.31. The van der Waals surface area contributed by atoms with Crippen LogP contribution in [0.15, 0.2) is 6.20 Å². The molecule has 0 saturated carbocycles. The maximum absolute atomic E-state index is 11.8. The Balaban J connectivity index is 2.64. The van der Waals surface area contributed by atoms with Crippen LogP contribution in [0.3, 0.4) is 0 Å². The average molecular weight is 257 g/mol. The maximum Gasteiger partial charge on any atom is 0.326 e. The molecule has 0 aromatic carbocycles. The van der Waals surface area contributed by atoms with Gasteiger partial charge in [0.1, 0.15) is 6.04 Å². The number of nitrogens with zero attached hydrogens (tertiary/aromatic N) is 1. The first kappa shape index (κ1) is 13.6. The molecule has 7 heteroatoms. The lowest BCUT2D eigenvalue weighted by molar-refractivity contribution is -0.139. The summed E-state index contributed by atoms with van der Waals surface area (Å²) in [6.45, 7) is 1.71. The summed E-state index contributed by atoms with van der Waals surface area (Å²) in [5.74, 6) is -0.750. The first-order valence-electron chi connectivity index (χ1n) is 5.08. The molecule has 0 fully saturated rings. The van der Waals surface area contributed by atoms with Gasteiger partial charge in [0.05, 0.1) is 11.8 Å². The molecule has 3 N–H and O–H groups in total. The number of H-pyrrole nitrogens is 1. The fourth-order valence-corrected chi connectivity index (χ4v) is 1.78. The fraction of sp³-hybridized carbons (Fsp3) is 0.500.